The second-order valence-electron chi connectivity index (χ2n) is 3.50. The monoisotopic (exact) mass is 316 g/mol. The van der Waals surface area contributed by atoms with Gasteiger partial charge in [0.1, 0.15) is 11.5 Å². The van der Waals surface area contributed by atoms with E-state index in [0.29, 0.717) is 17.1 Å². The summed E-state index contributed by atoms with van der Waals surface area (Å²) in [6.07, 6.45) is -0.284. The molecule has 1 rings (SSSR count). The van der Waals surface area contributed by atoms with E-state index in [0.717, 1.165) is 0 Å². The van der Waals surface area contributed by atoms with E-state index >= 15 is 0 Å². The number of hydrogen-bond acceptors (Lipinski definition) is 4. The molecule has 1 unspecified atom stereocenters. The number of rotatable bonds is 6. The van der Waals surface area contributed by atoms with Crippen molar-refractivity contribution in [1.82, 2.24) is 0 Å². The number of ether oxygens (including phenoxy) is 2. The minimum atomic E-state index is -1.04. The molecule has 0 fully saturated rings. The highest BCUT2D eigenvalue weighted by Crippen LogP contribution is 2.27. The Labute approximate surface area is 113 Å². The van der Waals surface area contributed by atoms with Crippen molar-refractivity contribution in [2.75, 3.05) is 14.2 Å². The van der Waals surface area contributed by atoms with Gasteiger partial charge in [0, 0.05) is 6.07 Å². The van der Waals surface area contributed by atoms with Gasteiger partial charge in [-0.2, -0.15) is 0 Å². The van der Waals surface area contributed by atoms with E-state index in [1.165, 1.54) is 14.2 Å². The molecule has 0 bridgehead atoms. The third-order valence-electron chi connectivity index (χ3n) is 2.31. The van der Waals surface area contributed by atoms with E-state index in [1.807, 2.05) is 0 Å². The summed E-state index contributed by atoms with van der Waals surface area (Å²) >= 11 is 3.06. The number of Topliss-reactive ketones (excluding diaryl/α,β-unsaturated/α-hetero) is 1. The second kappa shape index (κ2) is 6.39. The van der Waals surface area contributed by atoms with Crippen molar-refractivity contribution in [3.8, 4) is 11.5 Å². The molecule has 0 aliphatic rings. The van der Waals surface area contributed by atoms with E-state index in [9.17, 15) is 9.59 Å². The fourth-order valence-electron chi connectivity index (χ4n) is 1.42. The van der Waals surface area contributed by atoms with Crippen molar-refractivity contribution in [3.05, 3.63) is 23.8 Å². The summed E-state index contributed by atoms with van der Waals surface area (Å²) in [5, 5.41) is 8.65. The number of carboxylic acid groups (broad SMARTS) is 1. The van der Waals surface area contributed by atoms with Crippen molar-refractivity contribution in [2.45, 2.75) is 11.2 Å². The molecule has 5 nitrogen and oxygen atoms in total. The second-order valence-corrected chi connectivity index (χ2v) is 4.60. The third-order valence-corrected chi connectivity index (χ3v) is 3.05. The topological polar surface area (TPSA) is 72.8 Å². The zero-order chi connectivity index (χ0) is 13.7. The van der Waals surface area contributed by atoms with Crippen LogP contribution in [0.15, 0.2) is 18.2 Å². The maximum atomic E-state index is 12.0. The van der Waals surface area contributed by atoms with Gasteiger partial charge in [0.2, 0.25) is 0 Å². The average Bonchev–Trinajstić information content (AvgIpc) is 2.36. The zero-order valence-electron chi connectivity index (χ0n) is 9.97. The summed E-state index contributed by atoms with van der Waals surface area (Å²) in [7, 11) is 2.94. The van der Waals surface area contributed by atoms with E-state index in [1.54, 1.807) is 18.2 Å². The number of ketones is 1. The predicted octanol–water partition coefficient (Wildman–Crippen LogP) is 2.12. The highest BCUT2D eigenvalue weighted by molar-refractivity contribution is 9.10. The Kier molecular flexibility index (Phi) is 5.15. The molecule has 6 heteroatoms. The first-order valence-electron chi connectivity index (χ1n) is 5.11. The lowest BCUT2D eigenvalue weighted by atomic mass is 10.1. The maximum Gasteiger partial charge on any atom is 0.304 e. The van der Waals surface area contributed by atoms with Crippen molar-refractivity contribution < 1.29 is 24.2 Å². The standard InChI is InChI=1S/C12H13BrO5/c1-17-7-3-4-8(10(5-7)18-2)12(16)9(13)6-11(14)15/h3-5,9H,6H2,1-2H3,(H,14,15). The number of methoxy groups -OCH3 is 2. The molecular formula is C12H13BrO5. The molecule has 1 aromatic rings. The lowest BCUT2D eigenvalue weighted by Gasteiger charge is -2.11. The van der Waals surface area contributed by atoms with Crippen LogP contribution in [-0.4, -0.2) is 35.9 Å². The Morgan fingerprint density at radius 1 is 1.33 bits per heavy atom. The van der Waals surface area contributed by atoms with Crippen LogP contribution in [0, 0.1) is 0 Å². The number of alkyl halides is 1. The van der Waals surface area contributed by atoms with Crippen LogP contribution >= 0.6 is 15.9 Å². The largest absolute Gasteiger partial charge is 0.497 e. The number of carbonyl (C=O) groups is 2. The van der Waals surface area contributed by atoms with Gasteiger partial charge >= 0.3 is 5.97 Å². The number of aliphatic carboxylic acids is 1. The molecule has 0 heterocycles. The smallest absolute Gasteiger partial charge is 0.304 e. The van der Waals surface area contributed by atoms with Crippen molar-refractivity contribution >= 4 is 27.7 Å². The van der Waals surface area contributed by atoms with E-state index in [4.69, 9.17) is 14.6 Å². The van der Waals surface area contributed by atoms with Gasteiger partial charge in [-0.3, -0.25) is 9.59 Å². The summed E-state index contributed by atoms with van der Waals surface area (Å²) in [6.45, 7) is 0. The van der Waals surface area contributed by atoms with Crippen LogP contribution in [0.25, 0.3) is 0 Å². The van der Waals surface area contributed by atoms with E-state index < -0.39 is 10.8 Å². The summed E-state index contributed by atoms with van der Waals surface area (Å²) in [5.74, 6) is -0.462. The van der Waals surface area contributed by atoms with E-state index in [-0.39, 0.29) is 12.2 Å². The Balaban J connectivity index is 3.01. The van der Waals surface area contributed by atoms with Crippen molar-refractivity contribution in [3.63, 3.8) is 0 Å². The molecule has 1 aromatic carbocycles. The quantitative estimate of drug-likeness (QED) is 0.643. The maximum absolute atomic E-state index is 12.0. The molecule has 0 aliphatic heterocycles. The fourth-order valence-corrected chi connectivity index (χ4v) is 1.94. The lowest BCUT2D eigenvalue weighted by Crippen LogP contribution is -2.18. The van der Waals surface area contributed by atoms with Crippen LogP contribution in [-0.2, 0) is 4.79 Å². The fraction of sp³-hybridized carbons (Fsp3) is 0.333. The Morgan fingerprint density at radius 2 is 2.00 bits per heavy atom. The molecule has 0 aromatic heterocycles. The minimum Gasteiger partial charge on any atom is -0.497 e. The molecule has 18 heavy (non-hydrogen) atoms. The summed E-state index contributed by atoms with van der Waals surface area (Å²) in [4.78, 5) is 21.8. The molecular weight excluding hydrogens is 304 g/mol. The van der Waals surface area contributed by atoms with Crippen molar-refractivity contribution in [2.24, 2.45) is 0 Å². The van der Waals surface area contributed by atoms with Gasteiger partial charge in [0.15, 0.2) is 5.78 Å². The molecule has 0 aliphatic carbocycles. The molecule has 0 amide bonds. The van der Waals surface area contributed by atoms with Gasteiger partial charge in [0.05, 0.1) is 31.0 Å². The zero-order valence-corrected chi connectivity index (χ0v) is 11.6. The highest BCUT2D eigenvalue weighted by atomic mass is 79.9. The molecule has 98 valence electrons. The van der Waals surface area contributed by atoms with Crippen LogP contribution in [0.3, 0.4) is 0 Å². The van der Waals surface area contributed by atoms with Crippen LogP contribution in [0.1, 0.15) is 16.8 Å². The summed E-state index contributed by atoms with van der Waals surface area (Å²) in [5.41, 5.74) is 0.321. The molecule has 0 saturated heterocycles. The van der Waals surface area contributed by atoms with Crippen LogP contribution in [0.2, 0.25) is 0 Å². The Morgan fingerprint density at radius 3 is 2.50 bits per heavy atom. The molecule has 1 atom stereocenters. The first kappa shape index (κ1) is 14.5. The number of carboxylic acids is 1. The van der Waals surface area contributed by atoms with Crippen LogP contribution in [0.5, 0.6) is 11.5 Å². The number of benzene rings is 1. The Hall–Kier alpha value is -1.56. The van der Waals surface area contributed by atoms with Crippen LogP contribution < -0.4 is 9.47 Å². The third kappa shape index (κ3) is 3.46. The van der Waals surface area contributed by atoms with Gasteiger partial charge in [-0.1, -0.05) is 15.9 Å². The molecule has 0 saturated carbocycles. The highest BCUT2D eigenvalue weighted by Gasteiger charge is 2.23. The van der Waals surface area contributed by atoms with Crippen molar-refractivity contribution in [1.29, 1.82) is 0 Å². The molecule has 1 N–H and O–H groups in total. The SMILES string of the molecule is COc1ccc(C(=O)C(Br)CC(=O)O)c(OC)c1. The number of hydrogen-bond donors (Lipinski definition) is 1. The van der Waals surface area contributed by atoms with Gasteiger partial charge in [0.25, 0.3) is 0 Å². The van der Waals surface area contributed by atoms with Gasteiger partial charge in [-0.15, -0.1) is 0 Å². The molecule has 0 radical (unpaired) electrons. The first-order chi connectivity index (χ1) is 8.49. The predicted molar refractivity (Wildman–Crippen MR) is 68.8 cm³/mol. The summed E-state index contributed by atoms with van der Waals surface area (Å²) < 4.78 is 10.1. The Bertz CT molecular complexity index is 458. The lowest BCUT2D eigenvalue weighted by molar-refractivity contribution is -0.136. The minimum absolute atomic E-state index is 0.284. The van der Waals surface area contributed by atoms with Crippen LogP contribution in [0.4, 0.5) is 0 Å². The van der Waals surface area contributed by atoms with Gasteiger partial charge in [-0.05, 0) is 12.1 Å². The average molecular weight is 317 g/mol. The normalized spacial score (nSPS) is 11.7. The van der Waals surface area contributed by atoms with Gasteiger partial charge < -0.3 is 14.6 Å². The number of halogens is 1. The first-order valence-corrected chi connectivity index (χ1v) is 6.03. The summed E-state index contributed by atoms with van der Waals surface area (Å²) in [6, 6.07) is 4.75. The van der Waals surface area contributed by atoms with E-state index in [2.05, 4.69) is 15.9 Å². The molecule has 0 spiro atoms. The number of carbonyl (C=O) groups excluding carboxylic acids is 1. The van der Waals surface area contributed by atoms with Gasteiger partial charge in [-0.25, -0.2) is 0 Å².